The monoisotopic (exact) mass is 327 g/mol. The Balaban J connectivity index is 1.97. The summed E-state index contributed by atoms with van der Waals surface area (Å²) in [4.78, 5) is 25.3. The fourth-order valence-electron chi connectivity index (χ4n) is 2.75. The van der Waals surface area contributed by atoms with Crippen LogP contribution in [0, 0.1) is 6.92 Å². The summed E-state index contributed by atoms with van der Waals surface area (Å²) in [5.41, 5.74) is 3.63. The third kappa shape index (κ3) is 4.25. The summed E-state index contributed by atoms with van der Waals surface area (Å²) in [7, 11) is 0. The predicted molar refractivity (Wildman–Crippen MR) is 97.8 cm³/mol. The molecule has 1 aromatic carbocycles. The van der Waals surface area contributed by atoms with Gasteiger partial charge in [-0.25, -0.2) is 0 Å². The van der Waals surface area contributed by atoms with Crippen LogP contribution >= 0.6 is 0 Å². The lowest BCUT2D eigenvalue weighted by molar-refractivity contribution is -0.116. The highest BCUT2D eigenvalue weighted by Gasteiger charge is 2.09. The first-order valence-electron chi connectivity index (χ1n) is 8.34. The minimum atomic E-state index is -0.0563. The molecule has 5 nitrogen and oxygen atoms in total. The number of aryl methyl sites for hydroxylation is 2. The number of aldehydes is 1. The van der Waals surface area contributed by atoms with Crippen LogP contribution in [0.3, 0.4) is 0 Å². The molecular formula is C19H25N3O2. The van der Waals surface area contributed by atoms with Crippen LogP contribution in [0.25, 0.3) is 0 Å². The predicted octanol–water partition coefficient (Wildman–Crippen LogP) is 3.48. The van der Waals surface area contributed by atoms with Crippen LogP contribution in [-0.4, -0.2) is 29.8 Å². The van der Waals surface area contributed by atoms with Gasteiger partial charge in [-0.2, -0.15) is 0 Å². The molecule has 0 bridgehead atoms. The van der Waals surface area contributed by atoms with Crippen LogP contribution in [0.5, 0.6) is 0 Å². The van der Waals surface area contributed by atoms with E-state index in [0.717, 1.165) is 30.6 Å². The molecule has 2 aromatic rings. The average molecular weight is 327 g/mol. The van der Waals surface area contributed by atoms with Gasteiger partial charge in [0.25, 0.3) is 0 Å². The molecular weight excluding hydrogens is 302 g/mol. The van der Waals surface area contributed by atoms with Crippen LogP contribution in [-0.2, 0) is 11.3 Å². The number of anilines is 2. The summed E-state index contributed by atoms with van der Waals surface area (Å²) in [6.07, 6.45) is 2.93. The fraction of sp³-hybridized carbons (Fsp3) is 0.368. The lowest BCUT2D eigenvalue weighted by Gasteiger charge is -2.22. The van der Waals surface area contributed by atoms with Gasteiger partial charge in [0.2, 0.25) is 5.91 Å². The summed E-state index contributed by atoms with van der Waals surface area (Å²) in [5.74, 6) is -0.0563. The summed E-state index contributed by atoms with van der Waals surface area (Å²) >= 11 is 0. The Hall–Kier alpha value is -2.56. The second-order valence-corrected chi connectivity index (χ2v) is 5.71. The third-order valence-corrected chi connectivity index (χ3v) is 4.18. The fourth-order valence-corrected chi connectivity index (χ4v) is 2.75. The van der Waals surface area contributed by atoms with Gasteiger partial charge in [-0.15, -0.1) is 0 Å². The van der Waals surface area contributed by atoms with Crippen molar-refractivity contribution in [3.63, 3.8) is 0 Å². The van der Waals surface area contributed by atoms with Crippen molar-refractivity contribution < 1.29 is 9.59 Å². The van der Waals surface area contributed by atoms with Gasteiger partial charge in [0, 0.05) is 43.6 Å². The van der Waals surface area contributed by atoms with E-state index in [0.29, 0.717) is 18.7 Å². The van der Waals surface area contributed by atoms with E-state index < -0.39 is 0 Å². The molecule has 0 saturated carbocycles. The Kier molecular flexibility index (Phi) is 6.18. The SMILES string of the molecule is CCN(CC)c1ccc(NC(=O)CCn2cccc2C=O)c(C)c1. The van der Waals surface area contributed by atoms with Crippen molar-refractivity contribution in [1.82, 2.24) is 4.57 Å². The molecule has 5 heteroatoms. The Labute approximate surface area is 143 Å². The molecule has 1 N–H and O–H groups in total. The number of nitrogens with one attached hydrogen (secondary N) is 1. The van der Waals surface area contributed by atoms with E-state index >= 15 is 0 Å². The molecule has 0 aliphatic heterocycles. The smallest absolute Gasteiger partial charge is 0.226 e. The zero-order valence-corrected chi connectivity index (χ0v) is 14.6. The van der Waals surface area contributed by atoms with Crippen molar-refractivity contribution >= 4 is 23.6 Å². The number of hydrogen-bond donors (Lipinski definition) is 1. The van der Waals surface area contributed by atoms with Crippen LogP contribution < -0.4 is 10.2 Å². The highest BCUT2D eigenvalue weighted by atomic mass is 16.1. The van der Waals surface area contributed by atoms with E-state index in [1.54, 1.807) is 22.9 Å². The molecule has 0 aliphatic rings. The highest BCUT2D eigenvalue weighted by Crippen LogP contribution is 2.22. The maximum Gasteiger partial charge on any atom is 0.226 e. The zero-order chi connectivity index (χ0) is 17.5. The minimum absolute atomic E-state index is 0.0563. The lowest BCUT2D eigenvalue weighted by Crippen LogP contribution is -2.22. The van der Waals surface area contributed by atoms with Crippen LogP contribution in [0.4, 0.5) is 11.4 Å². The lowest BCUT2D eigenvalue weighted by atomic mass is 10.1. The molecule has 1 heterocycles. The van der Waals surface area contributed by atoms with Crippen LogP contribution in [0.2, 0.25) is 0 Å². The highest BCUT2D eigenvalue weighted by molar-refractivity contribution is 5.91. The average Bonchev–Trinajstić information content (AvgIpc) is 3.04. The molecule has 0 spiro atoms. The molecule has 1 aromatic heterocycles. The van der Waals surface area contributed by atoms with E-state index in [-0.39, 0.29) is 5.91 Å². The summed E-state index contributed by atoms with van der Waals surface area (Å²) < 4.78 is 1.78. The molecule has 0 saturated heterocycles. The number of amides is 1. The Morgan fingerprint density at radius 1 is 1.25 bits per heavy atom. The topological polar surface area (TPSA) is 54.3 Å². The van der Waals surface area contributed by atoms with Crippen LogP contribution in [0.15, 0.2) is 36.5 Å². The van der Waals surface area contributed by atoms with E-state index in [1.165, 1.54) is 5.69 Å². The number of benzene rings is 1. The first kappa shape index (κ1) is 17.8. The van der Waals surface area contributed by atoms with Crippen molar-refractivity contribution in [2.75, 3.05) is 23.3 Å². The quantitative estimate of drug-likeness (QED) is 0.755. The first-order valence-corrected chi connectivity index (χ1v) is 8.34. The molecule has 128 valence electrons. The van der Waals surface area contributed by atoms with Gasteiger partial charge >= 0.3 is 0 Å². The number of aromatic nitrogens is 1. The van der Waals surface area contributed by atoms with Crippen molar-refractivity contribution in [2.24, 2.45) is 0 Å². The Bertz CT molecular complexity index is 702. The molecule has 0 fully saturated rings. The minimum Gasteiger partial charge on any atom is -0.372 e. The molecule has 0 radical (unpaired) electrons. The molecule has 0 aliphatic carbocycles. The van der Waals surface area contributed by atoms with Gasteiger partial charge < -0.3 is 14.8 Å². The molecule has 24 heavy (non-hydrogen) atoms. The van der Waals surface area contributed by atoms with Gasteiger partial charge in [0.1, 0.15) is 0 Å². The van der Waals surface area contributed by atoms with Crippen molar-refractivity contribution in [3.05, 3.63) is 47.8 Å². The first-order chi connectivity index (χ1) is 11.6. The summed E-state index contributed by atoms with van der Waals surface area (Å²) in [6, 6.07) is 9.62. The standard InChI is InChI=1S/C19H25N3O2/c1-4-21(5-2)16-8-9-18(15(3)13-16)20-19(24)10-12-22-11-6-7-17(22)14-23/h6-9,11,13-14H,4-5,10,12H2,1-3H3,(H,20,24). The van der Waals surface area contributed by atoms with Gasteiger partial charge in [0.05, 0.1) is 5.69 Å². The third-order valence-electron chi connectivity index (χ3n) is 4.18. The maximum absolute atomic E-state index is 12.2. The van der Waals surface area contributed by atoms with Gasteiger partial charge in [0.15, 0.2) is 6.29 Å². The van der Waals surface area contributed by atoms with Crippen molar-refractivity contribution in [2.45, 2.75) is 33.7 Å². The molecule has 2 rings (SSSR count). The zero-order valence-electron chi connectivity index (χ0n) is 14.6. The second-order valence-electron chi connectivity index (χ2n) is 5.71. The summed E-state index contributed by atoms with van der Waals surface area (Å²) in [6.45, 7) is 8.66. The Morgan fingerprint density at radius 3 is 2.62 bits per heavy atom. The summed E-state index contributed by atoms with van der Waals surface area (Å²) in [5, 5.41) is 2.95. The van der Waals surface area contributed by atoms with E-state index in [9.17, 15) is 9.59 Å². The number of carbonyl (C=O) groups excluding carboxylic acids is 2. The second kappa shape index (κ2) is 8.34. The van der Waals surface area contributed by atoms with E-state index in [1.807, 2.05) is 19.1 Å². The number of carbonyl (C=O) groups is 2. The van der Waals surface area contributed by atoms with Gasteiger partial charge in [-0.3, -0.25) is 9.59 Å². The van der Waals surface area contributed by atoms with Crippen molar-refractivity contribution in [3.8, 4) is 0 Å². The molecule has 1 amide bonds. The van der Waals surface area contributed by atoms with Gasteiger partial charge in [-0.1, -0.05) is 0 Å². The normalized spacial score (nSPS) is 10.5. The largest absolute Gasteiger partial charge is 0.372 e. The number of nitrogens with zero attached hydrogens (tertiary/aromatic N) is 2. The van der Waals surface area contributed by atoms with E-state index in [2.05, 4.69) is 30.1 Å². The molecule has 0 atom stereocenters. The number of rotatable bonds is 8. The van der Waals surface area contributed by atoms with Crippen LogP contribution in [0.1, 0.15) is 36.3 Å². The van der Waals surface area contributed by atoms with E-state index in [4.69, 9.17) is 0 Å². The number of hydrogen-bond acceptors (Lipinski definition) is 3. The Morgan fingerprint density at radius 2 is 2.00 bits per heavy atom. The van der Waals surface area contributed by atoms with Crippen molar-refractivity contribution in [1.29, 1.82) is 0 Å². The maximum atomic E-state index is 12.2. The molecule has 0 unspecified atom stereocenters. The van der Waals surface area contributed by atoms with Gasteiger partial charge in [-0.05, 0) is 56.7 Å².